The van der Waals surface area contributed by atoms with Crippen LogP contribution in [0.1, 0.15) is 25.3 Å². The van der Waals surface area contributed by atoms with Crippen LogP contribution in [0.15, 0.2) is 16.8 Å². The highest BCUT2D eigenvalue weighted by molar-refractivity contribution is 7.07. The Morgan fingerprint density at radius 2 is 2.29 bits per heavy atom. The fourth-order valence-electron chi connectivity index (χ4n) is 2.17. The molecule has 0 saturated carbocycles. The van der Waals surface area contributed by atoms with E-state index in [4.69, 9.17) is 0 Å². The summed E-state index contributed by atoms with van der Waals surface area (Å²) in [5, 5.41) is 7.56. The first-order valence-electron chi connectivity index (χ1n) is 6.30. The van der Waals surface area contributed by atoms with E-state index in [9.17, 15) is 4.79 Å². The quantitative estimate of drug-likeness (QED) is 0.868. The Morgan fingerprint density at radius 1 is 1.53 bits per heavy atom. The molecule has 0 spiro atoms. The summed E-state index contributed by atoms with van der Waals surface area (Å²) in [5.74, 6) is 0.257. The van der Waals surface area contributed by atoms with Crippen LogP contribution in [0.2, 0.25) is 0 Å². The average Bonchev–Trinajstić information content (AvgIpc) is 3.00. The van der Waals surface area contributed by atoms with Gasteiger partial charge in [0.15, 0.2) is 0 Å². The van der Waals surface area contributed by atoms with Gasteiger partial charge >= 0.3 is 0 Å². The molecule has 1 atom stereocenters. The molecule has 0 bridgehead atoms. The number of hydrogen-bond acceptors (Lipinski definition) is 3. The van der Waals surface area contributed by atoms with Gasteiger partial charge in [0.2, 0.25) is 5.91 Å². The van der Waals surface area contributed by atoms with Crippen LogP contribution in [0.25, 0.3) is 0 Å². The molecule has 0 aromatic carbocycles. The Morgan fingerprint density at radius 3 is 2.94 bits per heavy atom. The molecule has 4 heteroatoms. The van der Waals surface area contributed by atoms with E-state index >= 15 is 0 Å². The second-order valence-corrected chi connectivity index (χ2v) is 5.37. The lowest BCUT2D eigenvalue weighted by atomic mass is 10.2. The second-order valence-electron chi connectivity index (χ2n) is 4.59. The smallest absolute Gasteiger partial charge is 0.239 e. The third-order valence-electron chi connectivity index (χ3n) is 3.23. The van der Waals surface area contributed by atoms with Gasteiger partial charge < -0.3 is 10.2 Å². The summed E-state index contributed by atoms with van der Waals surface area (Å²) in [4.78, 5) is 14.0. The molecule has 1 aliphatic rings. The Labute approximate surface area is 107 Å². The van der Waals surface area contributed by atoms with E-state index in [2.05, 4.69) is 22.1 Å². The summed E-state index contributed by atoms with van der Waals surface area (Å²) < 4.78 is 0. The van der Waals surface area contributed by atoms with Crippen LogP contribution in [-0.2, 0) is 11.2 Å². The van der Waals surface area contributed by atoms with Crippen molar-refractivity contribution in [2.24, 2.45) is 0 Å². The normalized spacial score (nSPS) is 17.4. The molecule has 17 heavy (non-hydrogen) atoms. The highest BCUT2D eigenvalue weighted by Gasteiger charge is 2.22. The largest absolute Gasteiger partial charge is 0.341 e. The van der Waals surface area contributed by atoms with E-state index in [-0.39, 0.29) is 11.9 Å². The van der Waals surface area contributed by atoms with E-state index in [1.54, 1.807) is 11.3 Å². The van der Waals surface area contributed by atoms with Gasteiger partial charge in [-0.25, -0.2) is 0 Å². The first-order valence-corrected chi connectivity index (χ1v) is 7.25. The van der Waals surface area contributed by atoms with Crippen LogP contribution >= 0.6 is 11.3 Å². The number of thiophene rings is 1. The lowest BCUT2D eigenvalue weighted by Gasteiger charge is -2.21. The summed E-state index contributed by atoms with van der Waals surface area (Å²) in [6.45, 7) is 4.72. The van der Waals surface area contributed by atoms with Crippen LogP contribution in [0.4, 0.5) is 0 Å². The molecule has 1 aromatic rings. The minimum Gasteiger partial charge on any atom is -0.341 e. The van der Waals surface area contributed by atoms with Crippen molar-refractivity contribution in [3.05, 3.63) is 22.4 Å². The van der Waals surface area contributed by atoms with Crippen LogP contribution in [-0.4, -0.2) is 36.5 Å². The highest BCUT2D eigenvalue weighted by Crippen LogP contribution is 2.09. The molecule has 2 heterocycles. The molecule has 2 rings (SSSR count). The van der Waals surface area contributed by atoms with E-state index in [0.29, 0.717) is 0 Å². The number of nitrogens with one attached hydrogen (secondary N) is 1. The number of carbonyl (C=O) groups is 1. The number of likely N-dealkylation sites (tertiary alicyclic amines) is 1. The minimum absolute atomic E-state index is 0.0493. The average molecular weight is 252 g/mol. The SMILES string of the molecule is CC(NCCc1ccsc1)C(=O)N1CCCC1. The summed E-state index contributed by atoms with van der Waals surface area (Å²) in [6, 6.07) is 2.09. The van der Waals surface area contributed by atoms with E-state index < -0.39 is 0 Å². The first kappa shape index (κ1) is 12.6. The molecule has 1 N–H and O–H groups in total. The van der Waals surface area contributed by atoms with E-state index in [0.717, 1.165) is 38.9 Å². The molecular weight excluding hydrogens is 232 g/mol. The van der Waals surface area contributed by atoms with Crippen molar-refractivity contribution in [1.29, 1.82) is 0 Å². The number of amides is 1. The van der Waals surface area contributed by atoms with Gasteiger partial charge in [-0.05, 0) is 55.1 Å². The van der Waals surface area contributed by atoms with E-state index in [1.807, 2.05) is 11.8 Å². The monoisotopic (exact) mass is 252 g/mol. The van der Waals surface area contributed by atoms with Gasteiger partial charge in [-0.15, -0.1) is 0 Å². The van der Waals surface area contributed by atoms with Crippen molar-refractivity contribution in [1.82, 2.24) is 10.2 Å². The lowest BCUT2D eigenvalue weighted by Crippen LogP contribution is -2.44. The minimum atomic E-state index is -0.0493. The van der Waals surface area contributed by atoms with Gasteiger partial charge in [0, 0.05) is 13.1 Å². The van der Waals surface area contributed by atoms with Crippen molar-refractivity contribution < 1.29 is 4.79 Å². The fraction of sp³-hybridized carbons (Fsp3) is 0.615. The molecule has 3 nitrogen and oxygen atoms in total. The fourth-order valence-corrected chi connectivity index (χ4v) is 2.87. The number of carbonyl (C=O) groups excluding carboxylic acids is 1. The van der Waals surface area contributed by atoms with Crippen LogP contribution < -0.4 is 5.32 Å². The lowest BCUT2D eigenvalue weighted by molar-refractivity contribution is -0.131. The molecule has 1 fully saturated rings. The second kappa shape index (κ2) is 6.17. The first-order chi connectivity index (χ1) is 8.27. The summed E-state index contributed by atoms with van der Waals surface area (Å²) in [7, 11) is 0. The van der Waals surface area contributed by atoms with Crippen molar-refractivity contribution in [3.63, 3.8) is 0 Å². The zero-order valence-corrected chi connectivity index (χ0v) is 11.1. The van der Waals surface area contributed by atoms with Crippen molar-refractivity contribution in [2.75, 3.05) is 19.6 Å². The molecule has 1 amide bonds. The maximum atomic E-state index is 12.0. The van der Waals surface area contributed by atoms with Crippen LogP contribution in [0.3, 0.4) is 0 Å². The third kappa shape index (κ3) is 3.54. The van der Waals surface area contributed by atoms with Crippen molar-refractivity contribution in [3.8, 4) is 0 Å². The molecule has 1 unspecified atom stereocenters. The zero-order valence-electron chi connectivity index (χ0n) is 10.3. The highest BCUT2D eigenvalue weighted by atomic mass is 32.1. The van der Waals surface area contributed by atoms with Crippen LogP contribution in [0.5, 0.6) is 0 Å². The molecule has 0 aliphatic carbocycles. The maximum Gasteiger partial charge on any atom is 0.239 e. The molecule has 1 aromatic heterocycles. The van der Waals surface area contributed by atoms with Crippen LogP contribution in [0, 0.1) is 0 Å². The Balaban J connectivity index is 1.69. The molecular formula is C13H20N2OS. The predicted octanol–water partition coefficient (Wildman–Crippen LogP) is 1.89. The molecule has 94 valence electrons. The van der Waals surface area contributed by atoms with Gasteiger partial charge in [0.1, 0.15) is 0 Å². The van der Waals surface area contributed by atoms with Crippen molar-refractivity contribution in [2.45, 2.75) is 32.2 Å². The number of nitrogens with zero attached hydrogens (tertiary/aromatic N) is 1. The third-order valence-corrected chi connectivity index (χ3v) is 3.96. The van der Waals surface area contributed by atoms with Gasteiger partial charge in [0.05, 0.1) is 6.04 Å². The summed E-state index contributed by atoms with van der Waals surface area (Å²) in [5.41, 5.74) is 1.35. The zero-order chi connectivity index (χ0) is 12.1. The number of rotatable bonds is 5. The van der Waals surface area contributed by atoms with Gasteiger partial charge in [-0.3, -0.25) is 4.79 Å². The maximum absolute atomic E-state index is 12.0. The van der Waals surface area contributed by atoms with Gasteiger partial charge in [-0.2, -0.15) is 11.3 Å². The van der Waals surface area contributed by atoms with Crippen molar-refractivity contribution >= 4 is 17.2 Å². The Kier molecular flexibility index (Phi) is 4.57. The summed E-state index contributed by atoms with van der Waals surface area (Å²) in [6.07, 6.45) is 3.32. The molecule has 1 saturated heterocycles. The van der Waals surface area contributed by atoms with Gasteiger partial charge in [0.25, 0.3) is 0 Å². The van der Waals surface area contributed by atoms with Gasteiger partial charge in [-0.1, -0.05) is 0 Å². The summed E-state index contributed by atoms with van der Waals surface area (Å²) >= 11 is 1.72. The number of hydrogen-bond donors (Lipinski definition) is 1. The Bertz CT molecular complexity index is 344. The molecule has 0 radical (unpaired) electrons. The predicted molar refractivity (Wildman–Crippen MR) is 71.3 cm³/mol. The topological polar surface area (TPSA) is 32.3 Å². The standard InChI is InChI=1S/C13H20N2OS/c1-11(13(16)15-7-2-3-8-15)14-6-4-12-5-9-17-10-12/h5,9-11,14H,2-4,6-8H2,1H3. The van der Waals surface area contributed by atoms with E-state index in [1.165, 1.54) is 5.56 Å². The molecule has 1 aliphatic heterocycles. The Hall–Kier alpha value is -0.870.